The smallest absolute Gasteiger partial charge is 0.351 e. The van der Waals surface area contributed by atoms with Gasteiger partial charge in [-0.1, -0.05) is 5.16 Å². The van der Waals surface area contributed by atoms with Gasteiger partial charge in [0, 0.05) is 11.4 Å². The fraction of sp³-hybridized carbons (Fsp3) is 0.375. The topological polar surface area (TPSA) is 271 Å². The van der Waals surface area contributed by atoms with Crippen molar-refractivity contribution in [1.29, 1.82) is 0 Å². The third kappa shape index (κ3) is 8.07. The van der Waals surface area contributed by atoms with Crippen LogP contribution < -0.4 is 26.1 Å². The minimum Gasteiger partial charge on any atom is -0.724 e. The minimum atomic E-state index is -5.27. The van der Waals surface area contributed by atoms with Crippen LogP contribution in [-0.4, -0.2) is 92.0 Å². The number of carboxylic acid groups (broad SMARTS) is 1. The summed E-state index contributed by atoms with van der Waals surface area (Å²) in [5.41, 5.74) is 9.10. The molecule has 0 radical (unpaired) electrons. The highest BCUT2D eigenvalue weighted by atomic mass is 32.3. The maximum Gasteiger partial charge on any atom is 0.351 e. The lowest BCUT2D eigenvalue weighted by Gasteiger charge is -2.51. The number of oxime groups is 1. The molecule has 3 aromatic heterocycles. The van der Waals surface area contributed by atoms with Gasteiger partial charge in [-0.15, -0.1) is 11.3 Å². The number of β-lactam (4-membered cyclic amide) rings is 1. The Morgan fingerprint density at radius 2 is 2.11 bits per heavy atom. The van der Waals surface area contributed by atoms with Crippen LogP contribution in [0.4, 0.5) is 5.13 Å². The van der Waals surface area contributed by atoms with Gasteiger partial charge in [-0.2, -0.15) is 13.9 Å². The maximum atomic E-state index is 13.2. The first-order chi connectivity index (χ1) is 21.2. The fourth-order valence-electron chi connectivity index (χ4n) is 4.00. The number of nitrogens with zero attached hydrogens (tertiary/aromatic N) is 6. The highest BCUT2D eigenvalue weighted by Crippen LogP contribution is 2.33. The Labute approximate surface area is 259 Å². The number of nitrogens with two attached hydrogens (primary N) is 2. The van der Waals surface area contributed by atoms with E-state index in [4.69, 9.17) is 21.0 Å². The van der Waals surface area contributed by atoms with Gasteiger partial charge in [0.05, 0.1) is 18.3 Å². The quantitative estimate of drug-likeness (QED) is 0.0351. The van der Waals surface area contributed by atoms with Crippen molar-refractivity contribution in [1.82, 2.24) is 24.9 Å². The standard InChI is InChI=1S/C24H29N9O10S2/c1-24(2)19(21(35)33(24)43-45(38,39)40)29-20(34)18(15-12-44-23(26)28-15)30-42-16(22(36)37)11-41-14-4-5-17(27-10-14)32-9-8-31(13-32)7-3-6-25/h4-5,8-10,12-13,16,19H,3,6-7,11,25H2,1-2H3,(H4-,26,28,29,34,36,37,38,39,40)/b30-18-/t16-,19?/m0/s1. The molecule has 6 N–H and O–H groups in total. The highest BCUT2D eigenvalue weighted by molar-refractivity contribution is 7.80. The summed E-state index contributed by atoms with van der Waals surface area (Å²) in [6.45, 7) is 3.44. The second kappa shape index (κ2) is 13.5. The number of pyridine rings is 1. The van der Waals surface area contributed by atoms with Crippen LogP contribution in [0, 0.1) is 0 Å². The van der Waals surface area contributed by atoms with Crippen LogP contribution in [0.1, 0.15) is 26.0 Å². The van der Waals surface area contributed by atoms with Crippen molar-refractivity contribution in [2.75, 3.05) is 18.9 Å². The number of carbonyl (C=O) groups excluding carboxylic acids is 2. The number of nitrogens with one attached hydrogen (secondary N) is 1. The first-order valence-corrected chi connectivity index (χ1v) is 15.3. The molecule has 3 aromatic rings. The second-order valence-electron chi connectivity index (χ2n) is 9.98. The van der Waals surface area contributed by atoms with E-state index in [-0.39, 0.29) is 16.6 Å². The molecule has 2 amide bonds. The SMILES string of the molecule is CC1(C)C(NC(=O)/C(=N\O[C@@H](COc2ccc(-n3cc[n+](CCCN)c3)nc2)C(=O)O)c2csc(N)n2)C(=O)N1OS(=O)(=O)[O-]. The molecule has 1 aliphatic heterocycles. The molecule has 0 aliphatic carbocycles. The average molecular weight is 668 g/mol. The molecule has 2 atom stereocenters. The van der Waals surface area contributed by atoms with Crippen molar-refractivity contribution in [2.24, 2.45) is 10.9 Å². The Bertz CT molecular complexity index is 1690. The Hall–Kier alpha value is -4.70. The second-order valence-corrected chi connectivity index (χ2v) is 11.8. The minimum absolute atomic E-state index is 0.0464. The Morgan fingerprint density at radius 1 is 1.36 bits per heavy atom. The van der Waals surface area contributed by atoms with E-state index < -0.39 is 58.2 Å². The van der Waals surface area contributed by atoms with Gasteiger partial charge in [-0.25, -0.2) is 27.7 Å². The monoisotopic (exact) mass is 667 g/mol. The summed E-state index contributed by atoms with van der Waals surface area (Å²) in [6.07, 6.45) is 6.04. The van der Waals surface area contributed by atoms with E-state index in [9.17, 15) is 32.5 Å². The third-order valence-electron chi connectivity index (χ3n) is 6.34. The van der Waals surface area contributed by atoms with Crippen molar-refractivity contribution in [2.45, 2.75) is 44.5 Å². The van der Waals surface area contributed by atoms with E-state index in [1.54, 1.807) is 16.7 Å². The fourth-order valence-corrected chi connectivity index (χ4v) is 4.99. The van der Waals surface area contributed by atoms with E-state index in [1.165, 1.54) is 25.4 Å². The number of aliphatic carboxylic acids is 1. The largest absolute Gasteiger partial charge is 0.724 e. The van der Waals surface area contributed by atoms with Crippen molar-refractivity contribution in [3.8, 4) is 11.6 Å². The van der Waals surface area contributed by atoms with E-state index in [2.05, 4.69) is 24.7 Å². The van der Waals surface area contributed by atoms with E-state index in [1.807, 2.05) is 23.3 Å². The van der Waals surface area contributed by atoms with Crippen LogP contribution in [0.5, 0.6) is 5.75 Å². The number of carbonyl (C=O) groups is 3. The molecule has 0 spiro atoms. The number of nitrogen functional groups attached to an aromatic ring is 1. The zero-order valence-electron chi connectivity index (χ0n) is 23.8. The predicted molar refractivity (Wildman–Crippen MR) is 152 cm³/mol. The first-order valence-electron chi connectivity index (χ1n) is 13.0. The summed E-state index contributed by atoms with van der Waals surface area (Å²) >= 11 is 0.946. The molecule has 0 bridgehead atoms. The lowest BCUT2D eigenvalue weighted by atomic mass is 9.84. The van der Waals surface area contributed by atoms with E-state index in [0.29, 0.717) is 17.4 Å². The number of imidazole rings is 1. The van der Waals surface area contributed by atoms with Gasteiger partial charge in [-0.3, -0.25) is 9.59 Å². The molecule has 0 aromatic carbocycles. The number of aromatic nitrogens is 4. The number of anilines is 1. The summed E-state index contributed by atoms with van der Waals surface area (Å²) < 4.78 is 46.3. The Morgan fingerprint density at radius 3 is 2.69 bits per heavy atom. The zero-order chi connectivity index (χ0) is 32.9. The van der Waals surface area contributed by atoms with Gasteiger partial charge < -0.3 is 36.0 Å². The van der Waals surface area contributed by atoms with Crippen LogP contribution in [0.3, 0.4) is 0 Å². The molecule has 45 heavy (non-hydrogen) atoms. The lowest BCUT2D eigenvalue weighted by molar-refractivity contribution is -0.696. The van der Waals surface area contributed by atoms with Gasteiger partial charge >= 0.3 is 5.97 Å². The Balaban J connectivity index is 1.44. The highest BCUT2D eigenvalue weighted by Gasteiger charge is 2.57. The first kappa shape index (κ1) is 33.2. The van der Waals surface area contributed by atoms with Gasteiger partial charge in [0.15, 0.2) is 10.8 Å². The molecule has 19 nitrogen and oxygen atoms in total. The number of thiazole rings is 1. The zero-order valence-corrected chi connectivity index (χ0v) is 25.4. The van der Waals surface area contributed by atoms with E-state index in [0.717, 1.165) is 24.3 Å². The number of aryl methyl sites for hydroxylation is 1. The predicted octanol–water partition coefficient (Wildman–Crippen LogP) is -1.70. The molecule has 1 unspecified atom stereocenters. The molecule has 4 rings (SSSR count). The third-order valence-corrected chi connectivity index (χ3v) is 7.35. The summed E-state index contributed by atoms with van der Waals surface area (Å²) in [7, 11) is -5.27. The average Bonchev–Trinajstić information content (AvgIpc) is 3.64. The summed E-state index contributed by atoms with van der Waals surface area (Å²) in [6, 6.07) is 1.88. The molecular formula is C24H29N9O10S2. The number of hydroxylamine groups is 2. The number of ether oxygens (including phenoxy) is 1. The molecular weight excluding hydrogens is 638 g/mol. The van der Waals surface area contributed by atoms with Crippen molar-refractivity contribution in [3.63, 3.8) is 0 Å². The van der Waals surface area contributed by atoms with Gasteiger partial charge in [0.2, 0.25) is 22.5 Å². The number of amides is 2. The Kier molecular flexibility index (Phi) is 9.97. The number of rotatable bonds is 15. The van der Waals surface area contributed by atoms with Crippen LogP contribution >= 0.6 is 11.3 Å². The van der Waals surface area contributed by atoms with E-state index >= 15 is 0 Å². The van der Waals surface area contributed by atoms with Crippen LogP contribution in [0.2, 0.25) is 0 Å². The molecule has 1 aliphatic rings. The molecule has 242 valence electrons. The van der Waals surface area contributed by atoms with Crippen LogP contribution in [-0.2, 0) is 40.4 Å². The maximum absolute atomic E-state index is 13.2. The molecule has 1 saturated heterocycles. The van der Waals surface area contributed by atoms with Crippen molar-refractivity contribution >= 4 is 50.4 Å². The number of hydrogen-bond acceptors (Lipinski definition) is 15. The molecule has 21 heteroatoms. The summed E-state index contributed by atoms with van der Waals surface area (Å²) in [5, 5.41) is 17.4. The van der Waals surface area contributed by atoms with Gasteiger partial charge in [0.1, 0.15) is 36.5 Å². The van der Waals surface area contributed by atoms with Crippen LogP contribution in [0.15, 0.2) is 47.6 Å². The lowest BCUT2D eigenvalue weighted by Crippen LogP contribution is -2.76. The van der Waals surface area contributed by atoms with Gasteiger partial charge in [0.25, 0.3) is 17.9 Å². The molecule has 0 saturated carbocycles. The van der Waals surface area contributed by atoms with Crippen molar-refractivity contribution in [3.05, 3.63) is 48.1 Å². The summed E-state index contributed by atoms with van der Waals surface area (Å²) in [4.78, 5) is 50.9. The normalized spacial score (nSPS) is 17.0. The van der Waals surface area contributed by atoms with Crippen molar-refractivity contribution < 1.29 is 50.9 Å². The number of carboxylic acids is 1. The van der Waals surface area contributed by atoms with Gasteiger partial charge in [-0.05, 0) is 32.9 Å². The molecule has 4 heterocycles. The van der Waals surface area contributed by atoms with Crippen LogP contribution in [0.25, 0.3) is 5.82 Å². The summed E-state index contributed by atoms with van der Waals surface area (Å²) in [5.74, 6) is -2.75. The molecule has 1 fully saturated rings. The number of hydrogen-bond donors (Lipinski definition) is 4.